The van der Waals surface area contributed by atoms with Crippen molar-refractivity contribution in [3.8, 4) is 0 Å². The molecule has 0 fully saturated rings. The highest BCUT2D eigenvalue weighted by Gasteiger charge is 2.12. The molecule has 3 nitrogen and oxygen atoms in total. The molecule has 12 heavy (non-hydrogen) atoms. The van der Waals surface area contributed by atoms with Crippen molar-refractivity contribution in [3.63, 3.8) is 0 Å². The van der Waals surface area contributed by atoms with Crippen molar-refractivity contribution in [1.82, 2.24) is 5.43 Å². The number of nitrogens with one attached hydrogen (secondary N) is 1. The minimum Gasteiger partial charge on any atom is -0.294 e. The summed E-state index contributed by atoms with van der Waals surface area (Å²) in [5.41, 5.74) is 3.10. The van der Waals surface area contributed by atoms with Gasteiger partial charge in [0.05, 0.1) is 5.92 Å². The van der Waals surface area contributed by atoms with E-state index in [-0.39, 0.29) is 11.8 Å². The first-order valence-corrected chi connectivity index (χ1v) is 3.81. The third-order valence-electron chi connectivity index (χ3n) is 1.84. The molecule has 3 heteroatoms. The summed E-state index contributed by atoms with van der Waals surface area (Å²) in [5.74, 6) is 4.66. The molecule has 1 amide bonds. The summed E-state index contributed by atoms with van der Waals surface area (Å²) in [6.45, 7) is 1.82. The quantitative estimate of drug-likeness (QED) is 0.385. The lowest BCUT2D eigenvalue weighted by molar-refractivity contribution is -0.122. The second-order valence-corrected chi connectivity index (χ2v) is 2.64. The highest BCUT2D eigenvalue weighted by molar-refractivity contribution is 5.82. The number of benzene rings is 1. The molecule has 0 aromatic heterocycles. The van der Waals surface area contributed by atoms with E-state index in [0.717, 1.165) is 5.56 Å². The van der Waals surface area contributed by atoms with E-state index >= 15 is 0 Å². The lowest BCUT2D eigenvalue weighted by Gasteiger charge is -2.08. The van der Waals surface area contributed by atoms with Crippen molar-refractivity contribution in [2.75, 3.05) is 0 Å². The zero-order valence-electron chi connectivity index (χ0n) is 6.95. The molecule has 0 heterocycles. The summed E-state index contributed by atoms with van der Waals surface area (Å²) in [5, 5.41) is 0. The van der Waals surface area contributed by atoms with Crippen LogP contribution in [0.2, 0.25) is 0 Å². The highest BCUT2D eigenvalue weighted by Crippen LogP contribution is 2.13. The van der Waals surface area contributed by atoms with Gasteiger partial charge in [-0.3, -0.25) is 10.2 Å². The van der Waals surface area contributed by atoms with Gasteiger partial charge in [0.25, 0.3) is 0 Å². The van der Waals surface area contributed by atoms with Crippen molar-refractivity contribution in [3.05, 3.63) is 35.9 Å². The van der Waals surface area contributed by atoms with Crippen molar-refractivity contribution in [2.24, 2.45) is 5.84 Å². The zero-order chi connectivity index (χ0) is 8.97. The standard InChI is InChI=1S/C9H12N2O/c1-7(9(12)11-10)8-5-3-2-4-6-8/h2-7H,10H2,1H3,(H,11,12). The normalized spacial score (nSPS) is 12.2. The van der Waals surface area contributed by atoms with Crippen LogP contribution in [0.25, 0.3) is 0 Å². The Morgan fingerprint density at radius 1 is 1.42 bits per heavy atom. The molecule has 1 aromatic rings. The molecule has 0 aliphatic rings. The first kappa shape index (κ1) is 8.74. The van der Waals surface area contributed by atoms with Gasteiger partial charge in [0.15, 0.2) is 0 Å². The molecule has 0 radical (unpaired) electrons. The average Bonchev–Trinajstić information content (AvgIpc) is 2.17. The average molecular weight is 164 g/mol. The van der Waals surface area contributed by atoms with Crippen molar-refractivity contribution < 1.29 is 4.79 Å². The lowest BCUT2D eigenvalue weighted by Crippen LogP contribution is -2.33. The Kier molecular flexibility index (Phi) is 2.82. The number of carbonyl (C=O) groups excluding carboxylic acids is 1. The maximum absolute atomic E-state index is 11.1. The molecule has 0 saturated carbocycles. The highest BCUT2D eigenvalue weighted by atomic mass is 16.2. The summed E-state index contributed by atoms with van der Waals surface area (Å²) in [4.78, 5) is 11.1. The molecule has 1 unspecified atom stereocenters. The van der Waals surface area contributed by atoms with E-state index < -0.39 is 0 Å². The third-order valence-corrected chi connectivity index (χ3v) is 1.84. The number of hydrazine groups is 1. The first-order chi connectivity index (χ1) is 5.75. The number of nitrogens with two attached hydrogens (primary N) is 1. The van der Waals surface area contributed by atoms with Crippen LogP contribution in [0.5, 0.6) is 0 Å². The SMILES string of the molecule is CC(C(=O)NN)c1ccccc1. The van der Waals surface area contributed by atoms with E-state index in [1.165, 1.54) is 0 Å². The third kappa shape index (κ3) is 1.83. The Morgan fingerprint density at radius 2 is 2.00 bits per heavy atom. The van der Waals surface area contributed by atoms with E-state index in [9.17, 15) is 4.79 Å². The lowest BCUT2D eigenvalue weighted by atomic mass is 10.0. The van der Waals surface area contributed by atoms with Gasteiger partial charge in [-0.1, -0.05) is 30.3 Å². The van der Waals surface area contributed by atoms with Gasteiger partial charge in [0.1, 0.15) is 0 Å². The van der Waals surface area contributed by atoms with Crippen LogP contribution >= 0.6 is 0 Å². The molecule has 0 aliphatic carbocycles. The van der Waals surface area contributed by atoms with Crippen LogP contribution in [-0.4, -0.2) is 5.91 Å². The maximum Gasteiger partial charge on any atom is 0.241 e. The fourth-order valence-electron chi connectivity index (χ4n) is 1.02. The zero-order valence-corrected chi connectivity index (χ0v) is 6.95. The van der Waals surface area contributed by atoms with E-state index in [1.54, 1.807) is 0 Å². The molecule has 1 aromatic carbocycles. The van der Waals surface area contributed by atoms with E-state index in [1.807, 2.05) is 37.3 Å². The fraction of sp³-hybridized carbons (Fsp3) is 0.222. The van der Waals surface area contributed by atoms with E-state index in [4.69, 9.17) is 5.84 Å². The molecule has 1 rings (SSSR count). The Labute approximate surface area is 71.5 Å². The number of carbonyl (C=O) groups is 1. The van der Waals surface area contributed by atoms with Gasteiger partial charge in [-0.25, -0.2) is 5.84 Å². The van der Waals surface area contributed by atoms with Gasteiger partial charge in [-0.15, -0.1) is 0 Å². The van der Waals surface area contributed by atoms with Gasteiger partial charge >= 0.3 is 0 Å². The number of hydrogen-bond donors (Lipinski definition) is 2. The minimum absolute atomic E-state index is 0.166. The monoisotopic (exact) mass is 164 g/mol. The molecule has 0 aliphatic heterocycles. The van der Waals surface area contributed by atoms with Gasteiger partial charge in [0.2, 0.25) is 5.91 Å². The summed E-state index contributed by atoms with van der Waals surface area (Å²) < 4.78 is 0. The predicted octanol–water partition coefficient (Wildman–Crippen LogP) is 0.780. The fourth-order valence-corrected chi connectivity index (χ4v) is 1.02. The van der Waals surface area contributed by atoms with Crippen LogP contribution in [0.1, 0.15) is 18.4 Å². The topological polar surface area (TPSA) is 55.1 Å². The van der Waals surface area contributed by atoms with Gasteiger partial charge < -0.3 is 0 Å². The Balaban J connectivity index is 2.78. The molecule has 0 saturated heterocycles. The summed E-state index contributed by atoms with van der Waals surface area (Å²) in [6.07, 6.45) is 0. The van der Waals surface area contributed by atoms with Crippen LogP contribution in [0.3, 0.4) is 0 Å². The number of amides is 1. The predicted molar refractivity (Wildman–Crippen MR) is 47.2 cm³/mol. The van der Waals surface area contributed by atoms with Gasteiger partial charge in [-0.05, 0) is 12.5 Å². The van der Waals surface area contributed by atoms with Gasteiger partial charge in [0, 0.05) is 0 Å². The largest absolute Gasteiger partial charge is 0.294 e. The summed E-state index contributed by atoms with van der Waals surface area (Å²) in [7, 11) is 0. The minimum atomic E-state index is -0.184. The smallest absolute Gasteiger partial charge is 0.241 e. The molecule has 0 bridgehead atoms. The van der Waals surface area contributed by atoms with Crippen molar-refractivity contribution in [1.29, 1.82) is 0 Å². The summed E-state index contributed by atoms with van der Waals surface area (Å²) >= 11 is 0. The first-order valence-electron chi connectivity index (χ1n) is 3.81. The summed E-state index contributed by atoms with van der Waals surface area (Å²) in [6, 6.07) is 9.52. The Hall–Kier alpha value is -1.35. The van der Waals surface area contributed by atoms with Crippen LogP contribution in [0.4, 0.5) is 0 Å². The van der Waals surface area contributed by atoms with Gasteiger partial charge in [-0.2, -0.15) is 0 Å². The Morgan fingerprint density at radius 3 is 2.50 bits per heavy atom. The maximum atomic E-state index is 11.1. The molecular weight excluding hydrogens is 152 g/mol. The number of hydrogen-bond acceptors (Lipinski definition) is 2. The van der Waals surface area contributed by atoms with Crippen LogP contribution in [0.15, 0.2) is 30.3 Å². The molecule has 1 atom stereocenters. The molecule has 3 N–H and O–H groups in total. The number of rotatable bonds is 2. The van der Waals surface area contributed by atoms with Crippen LogP contribution < -0.4 is 11.3 Å². The van der Waals surface area contributed by atoms with E-state index in [0.29, 0.717) is 0 Å². The van der Waals surface area contributed by atoms with Crippen LogP contribution in [0, 0.1) is 0 Å². The molecular formula is C9H12N2O. The van der Waals surface area contributed by atoms with E-state index in [2.05, 4.69) is 5.43 Å². The second-order valence-electron chi connectivity index (χ2n) is 2.64. The second kappa shape index (κ2) is 3.88. The van der Waals surface area contributed by atoms with Crippen molar-refractivity contribution in [2.45, 2.75) is 12.8 Å². The van der Waals surface area contributed by atoms with Crippen LogP contribution in [-0.2, 0) is 4.79 Å². The molecule has 64 valence electrons. The Bertz CT molecular complexity index is 258. The molecule has 0 spiro atoms. The van der Waals surface area contributed by atoms with Crippen molar-refractivity contribution >= 4 is 5.91 Å².